The Morgan fingerprint density at radius 3 is 2.64 bits per heavy atom. The summed E-state index contributed by atoms with van der Waals surface area (Å²) in [5.74, 6) is 1.23. The molecule has 6 nitrogen and oxygen atoms in total. The van der Waals surface area contributed by atoms with Crippen LogP contribution < -0.4 is 5.56 Å². The monoisotopic (exact) mass is 605 g/mol. The molecule has 0 saturated heterocycles. The van der Waals surface area contributed by atoms with E-state index in [0.29, 0.717) is 43.8 Å². The van der Waals surface area contributed by atoms with E-state index in [-0.39, 0.29) is 17.2 Å². The molecule has 0 N–H and O–H groups in total. The minimum absolute atomic E-state index is 0.260. The first-order valence-electron chi connectivity index (χ1n) is 10.8. The van der Waals surface area contributed by atoms with Crippen LogP contribution in [0.4, 0.5) is 4.39 Å². The molecule has 0 aliphatic carbocycles. The molecule has 0 fully saturated rings. The minimum atomic E-state index is -0.354. The lowest BCUT2D eigenvalue weighted by atomic mass is 10.2. The van der Waals surface area contributed by atoms with Crippen molar-refractivity contribution in [2.24, 2.45) is 5.10 Å². The van der Waals surface area contributed by atoms with Crippen molar-refractivity contribution in [3.63, 3.8) is 0 Å². The van der Waals surface area contributed by atoms with Crippen LogP contribution in [0.5, 0.6) is 0 Å². The molecule has 0 atom stereocenters. The van der Waals surface area contributed by atoms with Crippen molar-refractivity contribution >= 4 is 59.9 Å². The molecule has 0 radical (unpaired) electrons. The fourth-order valence-corrected chi connectivity index (χ4v) is 4.81. The van der Waals surface area contributed by atoms with E-state index < -0.39 is 0 Å². The summed E-state index contributed by atoms with van der Waals surface area (Å²) in [5, 5.41) is 5.70. The fraction of sp³-hybridized carbons (Fsp3) is 0. The number of hydrogen-bond donors (Lipinski definition) is 0. The summed E-state index contributed by atoms with van der Waals surface area (Å²) in [6.45, 7) is 0. The van der Waals surface area contributed by atoms with E-state index in [9.17, 15) is 9.18 Å². The number of halogens is 3. The topological polar surface area (TPSA) is 73.5 Å². The zero-order valence-electron chi connectivity index (χ0n) is 18.3. The molecule has 0 spiro atoms. The summed E-state index contributed by atoms with van der Waals surface area (Å²) in [6, 6.07) is 22.3. The molecule has 0 saturated carbocycles. The Morgan fingerprint density at radius 2 is 1.78 bits per heavy atom. The van der Waals surface area contributed by atoms with Gasteiger partial charge >= 0.3 is 0 Å². The predicted molar refractivity (Wildman–Crippen MR) is 144 cm³/mol. The van der Waals surface area contributed by atoms with E-state index >= 15 is 0 Å². The van der Waals surface area contributed by atoms with Crippen LogP contribution in [0.3, 0.4) is 0 Å². The Bertz CT molecular complexity index is 1870. The van der Waals surface area contributed by atoms with Crippen molar-refractivity contribution < 1.29 is 13.2 Å². The largest absolute Gasteiger partial charge is 0.455 e. The van der Waals surface area contributed by atoms with Gasteiger partial charge in [0.15, 0.2) is 5.76 Å². The molecule has 3 aromatic carbocycles. The Balaban J connectivity index is 1.47. The van der Waals surface area contributed by atoms with E-state index in [1.54, 1.807) is 36.4 Å². The van der Waals surface area contributed by atoms with Crippen LogP contribution in [0.2, 0.25) is 0 Å². The summed E-state index contributed by atoms with van der Waals surface area (Å²) in [4.78, 5) is 18.1. The van der Waals surface area contributed by atoms with Crippen LogP contribution in [0, 0.1) is 5.82 Å². The molecule has 6 rings (SSSR count). The smallest absolute Gasteiger partial charge is 0.282 e. The lowest BCUT2D eigenvalue weighted by molar-refractivity contribution is 0.572. The van der Waals surface area contributed by atoms with Gasteiger partial charge in [-0.05, 0) is 82.7 Å². The van der Waals surface area contributed by atoms with Crippen molar-refractivity contribution in [2.45, 2.75) is 0 Å². The molecule has 0 bridgehead atoms. The molecule has 6 aromatic rings. The summed E-state index contributed by atoms with van der Waals surface area (Å²) in [6.07, 6.45) is 1.43. The van der Waals surface area contributed by atoms with E-state index in [1.165, 1.54) is 23.0 Å². The van der Waals surface area contributed by atoms with Crippen LogP contribution in [0.15, 0.2) is 107 Å². The number of furan rings is 2. The van der Waals surface area contributed by atoms with Crippen molar-refractivity contribution in [3.05, 3.63) is 110 Å². The predicted octanol–water partition coefficient (Wildman–Crippen LogP) is 7.62. The van der Waals surface area contributed by atoms with Gasteiger partial charge in [0, 0.05) is 19.9 Å². The van der Waals surface area contributed by atoms with E-state index in [4.69, 9.17) is 8.83 Å². The summed E-state index contributed by atoms with van der Waals surface area (Å²) < 4.78 is 28.0. The lowest BCUT2D eigenvalue weighted by Gasteiger charge is -2.06. The number of aromatic nitrogens is 2. The minimum Gasteiger partial charge on any atom is -0.455 e. The molecule has 0 aliphatic heterocycles. The third-order valence-electron chi connectivity index (χ3n) is 5.58. The molecule has 3 heterocycles. The molecule has 176 valence electrons. The molecule has 3 aromatic heterocycles. The maximum atomic E-state index is 13.5. The van der Waals surface area contributed by atoms with Gasteiger partial charge in [0.05, 0.1) is 17.1 Å². The number of para-hydroxylation sites is 1. The van der Waals surface area contributed by atoms with Gasteiger partial charge in [-0.3, -0.25) is 4.79 Å². The zero-order valence-corrected chi connectivity index (χ0v) is 21.5. The van der Waals surface area contributed by atoms with Crippen LogP contribution in [0.25, 0.3) is 44.8 Å². The Hall–Kier alpha value is -3.82. The maximum absolute atomic E-state index is 13.5. The standard InChI is InChI=1S/C27H14Br2FN3O3/c28-16-5-9-23-15(11-16)12-25(36-23)26-32-22-4-2-1-3-20(22)27(34)33(26)31-14-18-7-10-24(35-18)19-8-6-17(30)13-21(19)29/h1-14H. The lowest BCUT2D eigenvalue weighted by Crippen LogP contribution is -2.20. The van der Waals surface area contributed by atoms with Gasteiger partial charge in [-0.2, -0.15) is 9.78 Å². The first kappa shape index (κ1) is 22.6. The molecule has 36 heavy (non-hydrogen) atoms. The van der Waals surface area contributed by atoms with E-state index in [2.05, 4.69) is 41.9 Å². The number of rotatable bonds is 4. The number of benzene rings is 3. The van der Waals surface area contributed by atoms with Crippen molar-refractivity contribution in [3.8, 4) is 22.9 Å². The summed E-state index contributed by atoms with van der Waals surface area (Å²) >= 11 is 6.82. The third-order valence-corrected chi connectivity index (χ3v) is 6.73. The van der Waals surface area contributed by atoms with Crippen molar-refractivity contribution in [1.29, 1.82) is 0 Å². The van der Waals surface area contributed by atoms with Crippen LogP contribution in [-0.4, -0.2) is 15.9 Å². The van der Waals surface area contributed by atoms with Gasteiger partial charge in [-0.15, -0.1) is 0 Å². The molecule has 0 unspecified atom stereocenters. The quantitative estimate of drug-likeness (QED) is 0.194. The first-order chi connectivity index (χ1) is 17.5. The normalized spacial score (nSPS) is 11.8. The van der Waals surface area contributed by atoms with Crippen LogP contribution in [-0.2, 0) is 0 Å². The molecule has 0 aliphatic rings. The molecule has 9 heteroatoms. The second-order valence-corrected chi connectivity index (χ2v) is 9.70. The van der Waals surface area contributed by atoms with Gasteiger partial charge in [-0.25, -0.2) is 9.37 Å². The highest BCUT2D eigenvalue weighted by molar-refractivity contribution is 9.10. The molecule has 0 amide bonds. The van der Waals surface area contributed by atoms with Crippen LogP contribution in [0.1, 0.15) is 5.76 Å². The Kier molecular flexibility index (Phi) is 5.66. The SMILES string of the molecule is O=c1c2ccccc2nc(-c2cc3cc(Br)ccc3o2)n1N=Cc1ccc(-c2ccc(F)cc2Br)o1. The zero-order chi connectivity index (χ0) is 24.8. The Labute approximate surface area is 219 Å². The van der Waals surface area contributed by atoms with Crippen molar-refractivity contribution in [2.75, 3.05) is 0 Å². The number of nitrogens with zero attached hydrogens (tertiary/aromatic N) is 3. The van der Waals surface area contributed by atoms with Crippen molar-refractivity contribution in [1.82, 2.24) is 9.66 Å². The molecular formula is C27H14Br2FN3O3. The Morgan fingerprint density at radius 1 is 0.917 bits per heavy atom. The highest BCUT2D eigenvalue weighted by atomic mass is 79.9. The highest BCUT2D eigenvalue weighted by Crippen LogP contribution is 2.31. The van der Waals surface area contributed by atoms with Gasteiger partial charge in [0.1, 0.15) is 22.9 Å². The maximum Gasteiger partial charge on any atom is 0.282 e. The number of hydrogen-bond acceptors (Lipinski definition) is 5. The van der Waals surface area contributed by atoms with Gasteiger partial charge < -0.3 is 8.83 Å². The molecular weight excluding hydrogens is 593 g/mol. The van der Waals surface area contributed by atoms with E-state index in [1.807, 2.05) is 30.3 Å². The third kappa shape index (κ3) is 4.10. The van der Waals surface area contributed by atoms with Gasteiger partial charge in [-0.1, -0.05) is 28.1 Å². The van der Waals surface area contributed by atoms with E-state index in [0.717, 1.165) is 9.86 Å². The van der Waals surface area contributed by atoms with Crippen LogP contribution >= 0.6 is 31.9 Å². The second kappa shape index (κ2) is 9.00. The number of fused-ring (bicyclic) bond motifs is 2. The fourth-order valence-electron chi connectivity index (χ4n) is 3.89. The second-order valence-electron chi connectivity index (χ2n) is 7.93. The summed E-state index contributed by atoms with van der Waals surface area (Å²) in [5.41, 5.74) is 1.54. The summed E-state index contributed by atoms with van der Waals surface area (Å²) in [7, 11) is 0. The highest BCUT2D eigenvalue weighted by Gasteiger charge is 2.17. The van der Waals surface area contributed by atoms with Gasteiger partial charge in [0.2, 0.25) is 5.82 Å². The van der Waals surface area contributed by atoms with Gasteiger partial charge in [0.25, 0.3) is 5.56 Å². The first-order valence-corrected chi connectivity index (χ1v) is 12.4. The average molecular weight is 607 g/mol. The average Bonchev–Trinajstić information content (AvgIpc) is 3.50.